The molecule has 0 radical (unpaired) electrons. The van der Waals surface area contributed by atoms with Crippen LogP contribution in [0.15, 0.2) is 18.2 Å². The highest BCUT2D eigenvalue weighted by Crippen LogP contribution is 2.28. The number of hydrogen-bond acceptors (Lipinski definition) is 5. The second-order valence-electron chi connectivity index (χ2n) is 3.87. The Morgan fingerprint density at radius 3 is 3.06 bits per heavy atom. The van der Waals surface area contributed by atoms with Gasteiger partial charge in [-0.15, -0.1) is 0 Å². The molecule has 1 aromatic rings. The summed E-state index contributed by atoms with van der Waals surface area (Å²) in [5, 5.41) is 3.25. The number of para-hydroxylation sites is 1. The largest absolute Gasteiger partial charge is 0.495 e. The van der Waals surface area contributed by atoms with Crippen LogP contribution < -0.4 is 15.8 Å². The number of anilines is 2. The lowest BCUT2D eigenvalue weighted by atomic mass is 10.2. The fourth-order valence-electron chi connectivity index (χ4n) is 1.75. The van der Waals surface area contributed by atoms with Gasteiger partial charge in [-0.05, 0) is 12.1 Å². The lowest BCUT2D eigenvalue weighted by Gasteiger charge is -2.24. The Morgan fingerprint density at radius 2 is 2.35 bits per heavy atom. The molecule has 1 heterocycles. The van der Waals surface area contributed by atoms with Gasteiger partial charge in [0.1, 0.15) is 5.75 Å². The third-order valence-corrected chi connectivity index (χ3v) is 2.69. The van der Waals surface area contributed by atoms with Gasteiger partial charge in [-0.3, -0.25) is 0 Å². The Morgan fingerprint density at radius 1 is 1.47 bits per heavy atom. The predicted octanol–water partition coefficient (Wildman–Crippen LogP) is 1.10. The van der Waals surface area contributed by atoms with Crippen LogP contribution in [-0.4, -0.2) is 39.6 Å². The smallest absolute Gasteiger partial charge is 0.143 e. The van der Waals surface area contributed by atoms with Gasteiger partial charge in [0.2, 0.25) is 0 Å². The molecule has 1 fully saturated rings. The van der Waals surface area contributed by atoms with Gasteiger partial charge < -0.3 is 25.3 Å². The molecule has 0 amide bonds. The molecule has 1 aliphatic rings. The Labute approximate surface area is 101 Å². The maximum Gasteiger partial charge on any atom is 0.143 e. The van der Waals surface area contributed by atoms with Crippen molar-refractivity contribution in [3.63, 3.8) is 0 Å². The van der Waals surface area contributed by atoms with Gasteiger partial charge in [0.15, 0.2) is 0 Å². The van der Waals surface area contributed by atoms with Crippen LogP contribution >= 0.6 is 0 Å². The maximum absolute atomic E-state index is 5.95. The van der Waals surface area contributed by atoms with E-state index in [4.69, 9.17) is 19.9 Å². The zero-order valence-corrected chi connectivity index (χ0v) is 9.94. The lowest BCUT2D eigenvalue weighted by Crippen LogP contribution is -2.34. The second-order valence-corrected chi connectivity index (χ2v) is 3.87. The first-order valence-corrected chi connectivity index (χ1v) is 5.67. The topological polar surface area (TPSA) is 65.7 Å². The Balaban J connectivity index is 1.93. The van der Waals surface area contributed by atoms with Crippen molar-refractivity contribution < 1.29 is 14.2 Å². The van der Waals surface area contributed by atoms with Gasteiger partial charge >= 0.3 is 0 Å². The average Bonchev–Trinajstić information content (AvgIpc) is 2.39. The van der Waals surface area contributed by atoms with Crippen molar-refractivity contribution in [3.05, 3.63) is 18.2 Å². The van der Waals surface area contributed by atoms with Gasteiger partial charge in [0.05, 0.1) is 44.4 Å². The molecule has 2 rings (SSSR count). The van der Waals surface area contributed by atoms with E-state index in [0.717, 1.165) is 5.69 Å². The molecular weight excluding hydrogens is 220 g/mol. The highest BCUT2D eigenvalue weighted by Gasteiger charge is 2.14. The first-order valence-electron chi connectivity index (χ1n) is 5.67. The van der Waals surface area contributed by atoms with E-state index in [0.29, 0.717) is 37.8 Å². The van der Waals surface area contributed by atoms with E-state index >= 15 is 0 Å². The van der Waals surface area contributed by atoms with E-state index < -0.39 is 0 Å². The predicted molar refractivity (Wildman–Crippen MR) is 66.5 cm³/mol. The monoisotopic (exact) mass is 238 g/mol. The van der Waals surface area contributed by atoms with Gasteiger partial charge in [0, 0.05) is 6.54 Å². The van der Waals surface area contributed by atoms with Crippen molar-refractivity contribution in [2.24, 2.45) is 0 Å². The number of ether oxygens (including phenoxy) is 3. The van der Waals surface area contributed by atoms with Crippen molar-refractivity contribution in [2.75, 3.05) is 44.5 Å². The molecule has 0 aliphatic carbocycles. The minimum Gasteiger partial charge on any atom is -0.495 e. The van der Waals surface area contributed by atoms with Crippen molar-refractivity contribution in [1.82, 2.24) is 0 Å². The number of benzene rings is 1. The SMILES string of the molecule is COc1cccc(NCC2COCCO2)c1N. The van der Waals surface area contributed by atoms with Crippen LogP contribution in [0.3, 0.4) is 0 Å². The van der Waals surface area contributed by atoms with Gasteiger partial charge in [-0.1, -0.05) is 6.07 Å². The Kier molecular flexibility index (Phi) is 4.06. The molecule has 5 heteroatoms. The van der Waals surface area contributed by atoms with Crippen LogP contribution in [0.2, 0.25) is 0 Å². The quantitative estimate of drug-likeness (QED) is 0.769. The first-order chi connectivity index (χ1) is 8.31. The summed E-state index contributed by atoms with van der Waals surface area (Å²) >= 11 is 0. The zero-order chi connectivity index (χ0) is 12.1. The van der Waals surface area contributed by atoms with E-state index in [1.54, 1.807) is 7.11 Å². The number of hydrogen-bond donors (Lipinski definition) is 2. The van der Waals surface area contributed by atoms with Gasteiger partial charge in [-0.25, -0.2) is 0 Å². The van der Waals surface area contributed by atoms with Crippen LogP contribution in [-0.2, 0) is 9.47 Å². The number of nitrogens with two attached hydrogens (primary N) is 1. The molecule has 0 spiro atoms. The molecule has 1 aliphatic heterocycles. The highest BCUT2D eigenvalue weighted by molar-refractivity contribution is 5.72. The van der Waals surface area contributed by atoms with Gasteiger partial charge in [-0.2, -0.15) is 0 Å². The van der Waals surface area contributed by atoms with Crippen LogP contribution in [0, 0.1) is 0 Å². The van der Waals surface area contributed by atoms with E-state index in [1.807, 2.05) is 18.2 Å². The summed E-state index contributed by atoms with van der Waals surface area (Å²) in [6, 6.07) is 5.65. The Bertz CT molecular complexity index is 365. The number of nitrogen functional groups attached to an aromatic ring is 1. The second kappa shape index (κ2) is 5.75. The first kappa shape index (κ1) is 12.0. The number of methoxy groups -OCH3 is 1. The molecule has 5 nitrogen and oxygen atoms in total. The van der Waals surface area contributed by atoms with Gasteiger partial charge in [0.25, 0.3) is 0 Å². The van der Waals surface area contributed by atoms with Crippen molar-refractivity contribution in [3.8, 4) is 5.75 Å². The van der Waals surface area contributed by atoms with Crippen LogP contribution in [0.5, 0.6) is 5.75 Å². The summed E-state index contributed by atoms with van der Waals surface area (Å²) in [6.07, 6.45) is 0.0781. The molecule has 94 valence electrons. The summed E-state index contributed by atoms with van der Waals surface area (Å²) in [7, 11) is 1.60. The molecule has 1 atom stereocenters. The van der Waals surface area contributed by atoms with E-state index in [-0.39, 0.29) is 6.10 Å². The zero-order valence-electron chi connectivity index (χ0n) is 9.94. The number of rotatable bonds is 4. The molecular formula is C12H18N2O3. The summed E-state index contributed by atoms with van der Waals surface area (Å²) in [6.45, 7) is 2.63. The fourth-order valence-corrected chi connectivity index (χ4v) is 1.75. The van der Waals surface area contributed by atoms with Crippen LogP contribution in [0.4, 0.5) is 11.4 Å². The van der Waals surface area contributed by atoms with E-state index in [2.05, 4.69) is 5.32 Å². The highest BCUT2D eigenvalue weighted by atomic mass is 16.6. The van der Waals surface area contributed by atoms with E-state index in [9.17, 15) is 0 Å². The maximum atomic E-state index is 5.95. The normalized spacial score (nSPS) is 19.9. The molecule has 17 heavy (non-hydrogen) atoms. The van der Waals surface area contributed by atoms with Crippen LogP contribution in [0.1, 0.15) is 0 Å². The molecule has 1 unspecified atom stereocenters. The molecule has 0 aromatic heterocycles. The molecule has 3 N–H and O–H groups in total. The van der Waals surface area contributed by atoms with Crippen LogP contribution in [0.25, 0.3) is 0 Å². The minimum absolute atomic E-state index is 0.0781. The molecule has 1 saturated heterocycles. The third kappa shape index (κ3) is 3.01. The standard InChI is InChI=1S/C12H18N2O3/c1-15-11-4-2-3-10(12(11)13)14-7-9-8-16-5-6-17-9/h2-4,9,14H,5-8,13H2,1H3. The summed E-state index contributed by atoms with van der Waals surface area (Å²) in [5.41, 5.74) is 7.43. The van der Waals surface area contributed by atoms with E-state index in [1.165, 1.54) is 0 Å². The number of nitrogens with one attached hydrogen (secondary N) is 1. The van der Waals surface area contributed by atoms with Crippen molar-refractivity contribution in [2.45, 2.75) is 6.10 Å². The molecule has 0 bridgehead atoms. The van der Waals surface area contributed by atoms with Crippen molar-refractivity contribution in [1.29, 1.82) is 0 Å². The molecule has 1 aromatic carbocycles. The van der Waals surface area contributed by atoms with Crippen molar-refractivity contribution >= 4 is 11.4 Å². The average molecular weight is 238 g/mol. The lowest BCUT2D eigenvalue weighted by molar-refractivity contribution is -0.0818. The summed E-state index contributed by atoms with van der Waals surface area (Å²) in [4.78, 5) is 0. The third-order valence-electron chi connectivity index (χ3n) is 2.69. The Hall–Kier alpha value is -1.46. The summed E-state index contributed by atoms with van der Waals surface area (Å²) in [5.74, 6) is 0.677. The molecule has 0 saturated carbocycles. The fraction of sp³-hybridized carbons (Fsp3) is 0.500. The minimum atomic E-state index is 0.0781. The summed E-state index contributed by atoms with van der Waals surface area (Å²) < 4.78 is 16.0.